The van der Waals surface area contributed by atoms with Crippen LogP contribution < -0.4 is 0 Å². The Balaban J connectivity index is 1.64. The zero-order chi connectivity index (χ0) is 13.9. The van der Waals surface area contributed by atoms with Gasteiger partial charge in [-0.2, -0.15) is 0 Å². The van der Waals surface area contributed by atoms with E-state index < -0.39 is 0 Å². The van der Waals surface area contributed by atoms with Crippen LogP contribution in [0.4, 0.5) is 0 Å². The van der Waals surface area contributed by atoms with Gasteiger partial charge in [-0.1, -0.05) is 24.0 Å². The molecular weight excluding hydrogens is 296 g/mol. The number of nitrogens with zero attached hydrogens (tertiary/aromatic N) is 2. The molecule has 0 saturated carbocycles. The standard InChI is InChI=1S/C13H18N2O3S2/c16-12-11(9-14-3-6-17-7-4-14)20-13(19)15(12)8-10-2-1-5-18-10/h9-10H,1-8H2. The smallest absolute Gasteiger partial charge is 0.267 e. The highest BCUT2D eigenvalue weighted by atomic mass is 32.2. The van der Waals surface area contributed by atoms with E-state index in [1.165, 1.54) is 11.8 Å². The normalized spacial score (nSPS) is 29.8. The van der Waals surface area contributed by atoms with Crippen LogP contribution in [0.15, 0.2) is 11.1 Å². The average Bonchev–Trinajstić information content (AvgIpc) is 3.05. The van der Waals surface area contributed by atoms with E-state index in [0.29, 0.717) is 24.1 Å². The molecule has 0 N–H and O–H groups in total. The van der Waals surface area contributed by atoms with Gasteiger partial charge in [0.25, 0.3) is 5.91 Å². The van der Waals surface area contributed by atoms with Crippen molar-refractivity contribution in [1.29, 1.82) is 0 Å². The molecule has 3 heterocycles. The lowest BCUT2D eigenvalue weighted by molar-refractivity contribution is -0.123. The van der Waals surface area contributed by atoms with Crippen molar-refractivity contribution in [2.24, 2.45) is 0 Å². The molecule has 3 saturated heterocycles. The molecule has 3 aliphatic rings. The van der Waals surface area contributed by atoms with E-state index in [1.54, 1.807) is 4.90 Å². The Morgan fingerprint density at radius 3 is 2.85 bits per heavy atom. The van der Waals surface area contributed by atoms with Crippen molar-refractivity contribution in [3.8, 4) is 0 Å². The lowest BCUT2D eigenvalue weighted by Crippen LogP contribution is -2.36. The van der Waals surface area contributed by atoms with E-state index in [0.717, 1.165) is 37.4 Å². The fourth-order valence-corrected chi connectivity index (χ4v) is 3.79. The third kappa shape index (κ3) is 3.16. The Morgan fingerprint density at radius 1 is 1.35 bits per heavy atom. The van der Waals surface area contributed by atoms with Crippen LogP contribution in [0, 0.1) is 0 Å². The summed E-state index contributed by atoms with van der Waals surface area (Å²) in [4.78, 5) is 16.9. The van der Waals surface area contributed by atoms with Gasteiger partial charge in [0.15, 0.2) is 0 Å². The fraction of sp³-hybridized carbons (Fsp3) is 0.692. The second-order valence-electron chi connectivity index (χ2n) is 5.06. The highest BCUT2D eigenvalue weighted by Crippen LogP contribution is 2.32. The van der Waals surface area contributed by atoms with Gasteiger partial charge in [-0.3, -0.25) is 9.69 Å². The number of carbonyl (C=O) groups excluding carboxylic acids is 1. The largest absolute Gasteiger partial charge is 0.378 e. The summed E-state index contributed by atoms with van der Waals surface area (Å²) in [5, 5.41) is 0. The Morgan fingerprint density at radius 2 is 2.15 bits per heavy atom. The Bertz CT molecular complexity index is 429. The Hall–Kier alpha value is -0.630. The van der Waals surface area contributed by atoms with Crippen molar-refractivity contribution in [3.05, 3.63) is 11.1 Å². The van der Waals surface area contributed by atoms with Gasteiger partial charge in [-0.05, 0) is 12.8 Å². The van der Waals surface area contributed by atoms with E-state index in [4.69, 9.17) is 21.7 Å². The van der Waals surface area contributed by atoms with Crippen molar-refractivity contribution in [2.45, 2.75) is 18.9 Å². The van der Waals surface area contributed by atoms with Gasteiger partial charge in [-0.15, -0.1) is 0 Å². The molecule has 3 rings (SSSR count). The third-order valence-electron chi connectivity index (χ3n) is 3.63. The van der Waals surface area contributed by atoms with Crippen LogP contribution in [0.25, 0.3) is 0 Å². The summed E-state index contributed by atoms with van der Waals surface area (Å²) in [6, 6.07) is 0. The van der Waals surface area contributed by atoms with E-state index >= 15 is 0 Å². The van der Waals surface area contributed by atoms with Crippen LogP contribution in [-0.2, 0) is 14.3 Å². The van der Waals surface area contributed by atoms with Gasteiger partial charge in [0.1, 0.15) is 4.32 Å². The minimum absolute atomic E-state index is 0.0157. The summed E-state index contributed by atoms with van der Waals surface area (Å²) in [6.07, 6.45) is 4.15. The molecular formula is C13H18N2O3S2. The molecule has 110 valence electrons. The zero-order valence-electron chi connectivity index (χ0n) is 11.2. The van der Waals surface area contributed by atoms with Crippen molar-refractivity contribution >= 4 is 34.2 Å². The molecule has 0 spiro atoms. The fourth-order valence-electron chi connectivity index (χ4n) is 2.51. The molecule has 1 atom stereocenters. The number of rotatable bonds is 3. The maximum Gasteiger partial charge on any atom is 0.267 e. The van der Waals surface area contributed by atoms with Gasteiger partial charge >= 0.3 is 0 Å². The summed E-state index contributed by atoms with van der Waals surface area (Å²) >= 11 is 6.72. The summed E-state index contributed by atoms with van der Waals surface area (Å²) < 4.78 is 11.5. The summed E-state index contributed by atoms with van der Waals surface area (Å²) in [6.45, 7) is 4.47. The predicted octanol–water partition coefficient (Wildman–Crippen LogP) is 1.20. The first-order chi connectivity index (χ1) is 9.74. The molecule has 7 heteroatoms. The minimum atomic E-state index is 0.0157. The van der Waals surface area contributed by atoms with Gasteiger partial charge in [0.2, 0.25) is 0 Å². The molecule has 0 radical (unpaired) electrons. The van der Waals surface area contributed by atoms with Crippen molar-refractivity contribution in [2.75, 3.05) is 39.5 Å². The number of amides is 1. The summed E-state index contributed by atoms with van der Waals surface area (Å²) in [7, 11) is 0. The highest BCUT2D eigenvalue weighted by Gasteiger charge is 2.35. The number of hydrogen-bond acceptors (Lipinski definition) is 6. The molecule has 3 aliphatic heterocycles. The maximum absolute atomic E-state index is 12.4. The SMILES string of the molecule is O=C1C(=CN2CCOCC2)SC(=S)N1CC1CCCO1. The number of thioether (sulfide) groups is 1. The highest BCUT2D eigenvalue weighted by molar-refractivity contribution is 8.26. The first-order valence-corrected chi connectivity index (χ1v) is 8.15. The number of ether oxygens (including phenoxy) is 2. The molecule has 0 aliphatic carbocycles. The number of hydrogen-bond donors (Lipinski definition) is 0. The first kappa shape index (κ1) is 14.3. The van der Waals surface area contributed by atoms with Crippen LogP contribution in [0.2, 0.25) is 0 Å². The molecule has 0 aromatic heterocycles. The number of carbonyl (C=O) groups is 1. The quantitative estimate of drug-likeness (QED) is 0.576. The van der Waals surface area contributed by atoms with Crippen molar-refractivity contribution in [3.63, 3.8) is 0 Å². The molecule has 0 aromatic rings. The van der Waals surface area contributed by atoms with Crippen molar-refractivity contribution in [1.82, 2.24) is 9.80 Å². The molecule has 20 heavy (non-hydrogen) atoms. The van der Waals surface area contributed by atoms with Crippen LogP contribution in [0.3, 0.4) is 0 Å². The van der Waals surface area contributed by atoms with Crippen LogP contribution in [-0.4, -0.2) is 65.6 Å². The van der Waals surface area contributed by atoms with Gasteiger partial charge in [0.05, 0.1) is 30.8 Å². The molecule has 1 unspecified atom stereocenters. The van der Waals surface area contributed by atoms with E-state index in [-0.39, 0.29) is 12.0 Å². The number of thiocarbonyl (C=S) groups is 1. The zero-order valence-corrected chi connectivity index (χ0v) is 12.9. The monoisotopic (exact) mass is 314 g/mol. The lowest BCUT2D eigenvalue weighted by Gasteiger charge is -2.25. The Kier molecular flexibility index (Phi) is 4.60. The second kappa shape index (κ2) is 6.43. The molecule has 3 fully saturated rings. The van der Waals surface area contributed by atoms with Crippen LogP contribution in [0.5, 0.6) is 0 Å². The van der Waals surface area contributed by atoms with E-state index in [9.17, 15) is 4.79 Å². The van der Waals surface area contributed by atoms with E-state index in [2.05, 4.69) is 4.90 Å². The average molecular weight is 314 g/mol. The topological polar surface area (TPSA) is 42.0 Å². The van der Waals surface area contributed by atoms with Gasteiger partial charge < -0.3 is 14.4 Å². The van der Waals surface area contributed by atoms with Gasteiger partial charge in [-0.25, -0.2) is 0 Å². The van der Waals surface area contributed by atoms with Crippen LogP contribution >= 0.6 is 24.0 Å². The third-order valence-corrected chi connectivity index (χ3v) is 4.99. The Labute approximate surface area is 128 Å². The molecule has 0 bridgehead atoms. The maximum atomic E-state index is 12.4. The summed E-state index contributed by atoms with van der Waals surface area (Å²) in [5.74, 6) is 0.0157. The molecule has 1 amide bonds. The van der Waals surface area contributed by atoms with Crippen LogP contribution in [0.1, 0.15) is 12.8 Å². The number of morpholine rings is 1. The van der Waals surface area contributed by atoms with Gasteiger partial charge in [0, 0.05) is 25.9 Å². The second-order valence-corrected chi connectivity index (χ2v) is 6.74. The molecule has 5 nitrogen and oxygen atoms in total. The first-order valence-electron chi connectivity index (χ1n) is 6.93. The van der Waals surface area contributed by atoms with Crippen molar-refractivity contribution < 1.29 is 14.3 Å². The summed E-state index contributed by atoms with van der Waals surface area (Å²) in [5.41, 5.74) is 0. The van der Waals surface area contributed by atoms with E-state index in [1.807, 2.05) is 6.20 Å². The minimum Gasteiger partial charge on any atom is -0.378 e. The molecule has 0 aromatic carbocycles. The lowest BCUT2D eigenvalue weighted by atomic mass is 10.2. The predicted molar refractivity (Wildman–Crippen MR) is 81.4 cm³/mol.